The van der Waals surface area contributed by atoms with Gasteiger partial charge in [-0.05, 0) is 6.42 Å². The van der Waals surface area contributed by atoms with E-state index in [0.29, 0.717) is 6.42 Å². The van der Waals surface area contributed by atoms with E-state index < -0.39 is 0 Å². The van der Waals surface area contributed by atoms with Crippen molar-refractivity contribution in [2.24, 2.45) is 0 Å². The average Bonchev–Trinajstić information content (AvgIpc) is 1.41. The van der Waals surface area contributed by atoms with Crippen molar-refractivity contribution in [3.63, 3.8) is 0 Å². The summed E-state index contributed by atoms with van der Waals surface area (Å²) in [5.74, 6) is 0. The zero-order valence-corrected chi connectivity index (χ0v) is 6.40. The second kappa shape index (κ2) is 9.18. The number of aldehydes is 1. The fraction of sp³-hybridized carbons (Fsp3) is 0.750. The van der Waals surface area contributed by atoms with E-state index in [-0.39, 0.29) is 31.0 Å². The monoisotopic (exact) mass is 96.1 g/mol. The van der Waals surface area contributed by atoms with Gasteiger partial charge in [0.1, 0.15) is 6.29 Å². The molecule has 6 heavy (non-hydrogen) atoms. The van der Waals surface area contributed by atoms with E-state index >= 15 is 0 Å². The van der Waals surface area contributed by atoms with Crippen LogP contribution in [0.3, 0.4) is 0 Å². The van der Waals surface area contributed by atoms with E-state index in [1.165, 1.54) is 0 Å². The van der Waals surface area contributed by atoms with Crippen LogP contribution >= 0.6 is 0 Å². The molecule has 0 aromatic carbocycles. The number of hydrogen-bond acceptors (Lipinski definition) is 1. The van der Waals surface area contributed by atoms with E-state index in [9.17, 15) is 4.79 Å². The first-order valence-electron chi connectivity index (χ1n) is 1.85. The van der Waals surface area contributed by atoms with Gasteiger partial charge in [-0.2, -0.15) is 0 Å². The molecule has 0 spiro atoms. The van der Waals surface area contributed by atoms with Gasteiger partial charge in [0.15, 0.2) is 0 Å². The Morgan fingerprint density at radius 1 is 1.83 bits per heavy atom. The molecule has 0 aliphatic carbocycles. The molecule has 32 valence electrons. The Hall–Kier alpha value is 0.670. The van der Waals surface area contributed by atoms with Crippen molar-refractivity contribution in [1.29, 1.82) is 0 Å². The van der Waals surface area contributed by atoms with Gasteiger partial charge in [0.25, 0.3) is 0 Å². The van der Waals surface area contributed by atoms with E-state index in [4.69, 9.17) is 0 Å². The van der Waals surface area contributed by atoms with Crippen molar-refractivity contribution >= 4 is 6.29 Å². The fourth-order valence-electron chi connectivity index (χ4n) is 0.118. The fourth-order valence-corrected chi connectivity index (χ4v) is 0.118. The smallest absolute Gasteiger partial charge is 1.00 e. The van der Waals surface area contributed by atoms with Crippen LogP contribution in [-0.2, 0) is 4.79 Å². The van der Waals surface area contributed by atoms with Crippen molar-refractivity contribution in [1.82, 2.24) is 0 Å². The van der Waals surface area contributed by atoms with Crippen LogP contribution in [0.1, 0.15) is 21.2 Å². The summed E-state index contributed by atoms with van der Waals surface area (Å²) < 4.78 is 0. The van der Waals surface area contributed by atoms with Crippen molar-refractivity contribution < 1.29 is 35.8 Å². The summed E-state index contributed by atoms with van der Waals surface area (Å²) >= 11 is 0. The minimum absolute atomic E-state index is 0. The van der Waals surface area contributed by atoms with Gasteiger partial charge < -0.3 is 6.22 Å². The van der Waals surface area contributed by atoms with Gasteiger partial charge in [-0.25, -0.2) is 0 Å². The predicted octanol–water partition coefficient (Wildman–Crippen LogP) is -1.90. The zero-order chi connectivity index (χ0) is 4.12. The number of unbranched alkanes of at least 4 members (excludes halogenated alkanes) is 1. The van der Waals surface area contributed by atoms with Crippen LogP contribution in [0.2, 0.25) is 0 Å². The molecule has 0 N–H and O–H groups in total. The van der Waals surface area contributed by atoms with Crippen molar-refractivity contribution in [2.75, 3.05) is 0 Å². The first-order valence-corrected chi connectivity index (χ1v) is 1.85. The van der Waals surface area contributed by atoms with Crippen LogP contribution < -0.4 is 29.6 Å². The standard InChI is InChI=1S/C4H8O.Na.H/c1-2-3-4-5;;/h4H,2-3H2,1H3;;/q;+1;-1. The molecule has 0 amide bonds. The van der Waals surface area contributed by atoms with Crippen LogP contribution in [0.5, 0.6) is 0 Å². The average molecular weight is 96.1 g/mol. The summed E-state index contributed by atoms with van der Waals surface area (Å²) in [6, 6.07) is 0. The molecule has 2 heteroatoms. The summed E-state index contributed by atoms with van der Waals surface area (Å²) in [6.07, 6.45) is 2.61. The maximum Gasteiger partial charge on any atom is 1.00 e. The topological polar surface area (TPSA) is 17.1 Å². The van der Waals surface area contributed by atoms with Gasteiger partial charge >= 0.3 is 29.6 Å². The Morgan fingerprint density at radius 3 is 2.33 bits per heavy atom. The van der Waals surface area contributed by atoms with Crippen LogP contribution in [0.15, 0.2) is 0 Å². The van der Waals surface area contributed by atoms with Crippen LogP contribution in [-0.4, -0.2) is 6.29 Å². The van der Waals surface area contributed by atoms with E-state index in [1.807, 2.05) is 6.92 Å². The molecule has 0 atom stereocenters. The molecule has 0 aromatic rings. The zero-order valence-electron chi connectivity index (χ0n) is 5.40. The number of carbonyl (C=O) groups is 1. The molecule has 0 saturated heterocycles. The van der Waals surface area contributed by atoms with Crippen LogP contribution in [0.25, 0.3) is 0 Å². The van der Waals surface area contributed by atoms with Crippen LogP contribution in [0, 0.1) is 0 Å². The SMILES string of the molecule is CCCC=O.[H-].[Na+]. The van der Waals surface area contributed by atoms with Gasteiger partial charge in [-0.3, -0.25) is 0 Å². The molecule has 0 bridgehead atoms. The maximum absolute atomic E-state index is 9.40. The normalized spacial score (nSPS) is 6.17. The summed E-state index contributed by atoms with van der Waals surface area (Å²) in [4.78, 5) is 9.40. The molecule has 0 fully saturated rings. The summed E-state index contributed by atoms with van der Waals surface area (Å²) in [6.45, 7) is 1.98. The molecule has 0 unspecified atom stereocenters. The Morgan fingerprint density at radius 2 is 2.33 bits per heavy atom. The van der Waals surface area contributed by atoms with E-state index in [2.05, 4.69) is 0 Å². The third kappa shape index (κ3) is 8.82. The molecule has 0 rings (SSSR count). The molecule has 0 heterocycles. The number of carbonyl (C=O) groups excluding carboxylic acids is 1. The predicted molar refractivity (Wildman–Crippen MR) is 22.1 cm³/mol. The van der Waals surface area contributed by atoms with Gasteiger partial charge in [0.05, 0.1) is 0 Å². The largest absolute Gasteiger partial charge is 1.00 e. The Bertz CT molecular complexity index is 32.9. The van der Waals surface area contributed by atoms with Crippen LogP contribution in [0.4, 0.5) is 0 Å². The summed E-state index contributed by atoms with van der Waals surface area (Å²) in [5, 5.41) is 0. The minimum Gasteiger partial charge on any atom is -1.00 e. The first-order chi connectivity index (χ1) is 2.41. The molecule has 0 aromatic heterocycles. The summed E-state index contributed by atoms with van der Waals surface area (Å²) in [7, 11) is 0. The number of rotatable bonds is 2. The Balaban J connectivity index is -0.0000000800. The molecule has 0 radical (unpaired) electrons. The first kappa shape index (κ1) is 9.83. The van der Waals surface area contributed by atoms with Crippen molar-refractivity contribution in [2.45, 2.75) is 19.8 Å². The molecule has 0 aliphatic heterocycles. The van der Waals surface area contributed by atoms with Gasteiger partial charge in [0.2, 0.25) is 0 Å². The molecular weight excluding hydrogens is 87.0 g/mol. The third-order valence-corrected chi connectivity index (χ3v) is 0.407. The summed E-state index contributed by atoms with van der Waals surface area (Å²) in [5.41, 5.74) is 0. The second-order valence-electron chi connectivity index (χ2n) is 0.955. The molecule has 1 nitrogen and oxygen atoms in total. The molecule has 0 aliphatic rings. The quantitative estimate of drug-likeness (QED) is 0.290. The van der Waals surface area contributed by atoms with Gasteiger partial charge in [-0.15, -0.1) is 0 Å². The van der Waals surface area contributed by atoms with Crippen molar-refractivity contribution in [3.8, 4) is 0 Å². The Kier molecular flexibility index (Phi) is 15.0. The number of hydrogen-bond donors (Lipinski definition) is 0. The molecule has 0 saturated carbocycles. The second-order valence-corrected chi connectivity index (χ2v) is 0.955. The Labute approximate surface area is 61.9 Å². The van der Waals surface area contributed by atoms with E-state index in [1.54, 1.807) is 0 Å². The van der Waals surface area contributed by atoms with Crippen molar-refractivity contribution in [3.05, 3.63) is 0 Å². The maximum atomic E-state index is 9.40. The van der Waals surface area contributed by atoms with Gasteiger partial charge in [0, 0.05) is 6.42 Å². The minimum atomic E-state index is 0. The molecular formula is C4H9NaO. The third-order valence-electron chi connectivity index (χ3n) is 0.407. The van der Waals surface area contributed by atoms with E-state index in [0.717, 1.165) is 12.7 Å². The van der Waals surface area contributed by atoms with Gasteiger partial charge in [-0.1, -0.05) is 6.92 Å².